The van der Waals surface area contributed by atoms with Crippen molar-refractivity contribution in [2.75, 3.05) is 18.8 Å². The Kier molecular flexibility index (Phi) is 3.24. The van der Waals surface area contributed by atoms with Crippen LogP contribution in [-0.2, 0) is 6.42 Å². The Bertz CT molecular complexity index is 420. The van der Waals surface area contributed by atoms with E-state index in [-0.39, 0.29) is 11.5 Å². The molecule has 5 heteroatoms. The summed E-state index contributed by atoms with van der Waals surface area (Å²) in [4.78, 5) is 18.9. The number of nitrogen functional groups attached to an aromatic ring is 1. The van der Waals surface area contributed by atoms with E-state index in [4.69, 9.17) is 5.73 Å². The van der Waals surface area contributed by atoms with Gasteiger partial charge in [0.1, 0.15) is 11.6 Å². The van der Waals surface area contributed by atoms with E-state index in [1.165, 1.54) is 0 Å². The van der Waals surface area contributed by atoms with Crippen LogP contribution in [0.2, 0.25) is 0 Å². The van der Waals surface area contributed by atoms with Crippen LogP contribution in [0.1, 0.15) is 37.1 Å². The van der Waals surface area contributed by atoms with E-state index >= 15 is 0 Å². The second-order valence-corrected chi connectivity index (χ2v) is 4.21. The van der Waals surface area contributed by atoms with E-state index in [1.807, 2.05) is 6.92 Å². The van der Waals surface area contributed by atoms with Crippen LogP contribution in [0.15, 0.2) is 4.79 Å². The molecule has 1 atom stereocenters. The standard InChI is InChI=1S/C11H18N4O/c1-2-8-9(12)14-10(15-11(8)16)7-4-3-5-13-6-7/h7,13H,2-6H2,1H3,(H3,12,14,15,16). The van der Waals surface area contributed by atoms with Crippen molar-refractivity contribution in [2.24, 2.45) is 0 Å². The van der Waals surface area contributed by atoms with Crippen molar-refractivity contribution < 1.29 is 0 Å². The van der Waals surface area contributed by atoms with Crippen LogP contribution in [0, 0.1) is 0 Å². The highest BCUT2D eigenvalue weighted by molar-refractivity contribution is 5.37. The Balaban J connectivity index is 2.31. The molecule has 0 saturated carbocycles. The number of anilines is 1. The number of hydrogen-bond donors (Lipinski definition) is 3. The SMILES string of the molecule is CCc1c(N)nc(C2CCCNC2)[nH]c1=O. The fourth-order valence-electron chi connectivity index (χ4n) is 2.15. The molecule has 0 aromatic carbocycles. The van der Waals surface area contributed by atoms with Gasteiger partial charge in [0.15, 0.2) is 0 Å². The first-order chi connectivity index (χ1) is 7.72. The molecule has 1 aromatic rings. The van der Waals surface area contributed by atoms with E-state index < -0.39 is 0 Å². The Morgan fingerprint density at radius 2 is 2.38 bits per heavy atom. The average molecular weight is 222 g/mol. The molecule has 1 fully saturated rings. The molecule has 5 nitrogen and oxygen atoms in total. The second-order valence-electron chi connectivity index (χ2n) is 4.21. The molecule has 1 saturated heterocycles. The molecule has 1 aliphatic heterocycles. The highest BCUT2D eigenvalue weighted by Crippen LogP contribution is 2.20. The lowest BCUT2D eigenvalue weighted by molar-refractivity contribution is 0.446. The molecule has 16 heavy (non-hydrogen) atoms. The topological polar surface area (TPSA) is 83.8 Å². The molecule has 88 valence electrons. The zero-order chi connectivity index (χ0) is 11.5. The van der Waals surface area contributed by atoms with Crippen LogP contribution in [0.5, 0.6) is 0 Å². The number of nitrogens with two attached hydrogens (primary N) is 1. The highest BCUT2D eigenvalue weighted by atomic mass is 16.1. The largest absolute Gasteiger partial charge is 0.383 e. The summed E-state index contributed by atoms with van der Waals surface area (Å²) in [6.07, 6.45) is 2.79. The Morgan fingerprint density at radius 3 is 2.94 bits per heavy atom. The van der Waals surface area contributed by atoms with Gasteiger partial charge < -0.3 is 16.0 Å². The van der Waals surface area contributed by atoms with Crippen LogP contribution >= 0.6 is 0 Å². The first-order valence-corrected chi connectivity index (χ1v) is 5.81. The van der Waals surface area contributed by atoms with Crippen LogP contribution in [0.25, 0.3) is 0 Å². The molecule has 0 bridgehead atoms. The minimum absolute atomic E-state index is 0.0874. The molecule has 2 heterocycles. The summed E-state index contributed by atoms with van der Waals surface area (Å²) in [6.45, 7) is 3.82. The third-order valence-electron chi connectivity index (χ3n) is 3.10. The molecule has 1 unspecified atom stereocenters. The van der Waals surface area contributed by atoms with Gasteiger partial charge in [-0.2, -0.15) is 0 Å². The minimum atomic E-state index is -0.0874. The fraction of sp³-hybridized carbons (Fsp3) is 0.636. The minimum Gasteiger partial charge on any atom is -0.383 e. The third-order valence-corrected chi connectivity index (χ3v) is 3.10. The van der Waals surface area contributed by atoms with Crippen molar-refractivity contribution in [2.45, 2.75) is 32.1 Å². The molecule has 2 rings (SSSR count). The first kappa shape index (κ1) is 11.1. The van der Waals surface area contributed by atoms with Gasteiger partial charge in [-0.15, -0.1) is 0 Å². The van der Waals surface area contributed by atoms with Crippen molar-refractivity contribution in [3.8, 4) is 0 Å². The second kappa shape index (κ2) is 4.65. The zero-order valence-electron chi connectivity index (χ0n) is 9.55. The summed E-state index contributed by atoms with van der Waals surface area (Å²) in [7, 11) is 0. The quantitative estimate of drug-likeness (QED) is 0.675. The first-order valence-electron chi connectivity index (χ1n) is 5.81. The maximum Gasteiger partial charge on any atom is 0.256 e. The van der Waals surface area contributed by atoms with Gasteiger partial charge in [-0.05, 0) is 25.8 Å². The summed E-state index contributed by atoms with van der Waals surface area (Å²) >= 11 is 0. The highest BCUT2D eigenvalue weighted by Gasteiger charge is 2.18. The van der Waals surface area contributed by atoms with E-state index in [2.05, 4.69) is 15.3 Å². The molecule has 0 amide bonds. The molecular weight excluding hydrogens is 204 g/mol. The maximum atomic E-state index is 11.7. The van der Waals surface area contributed by atoms with Crippen LogP contribution in [0.4, 0.5) is 5.82 Å². The molecule has 0 aliphatic carbocycles. The van der Waals surface area contributed by atoms with Gasteiger partial charge in [0.05, 0.1) is 5.56 Å². The maximum absolute atomic E-state index is 11.7. The summed E-state index contributed by atoms with van der Waals surface area (Å²) in [6, 6.07) is 0. The lowest BCUT2D eigenvalue weighted by Crippen LogP contribution is -2.31. The number of nitrogens with zero attached hydrogens (tertiary/aromatic N) is 1. The smallest absolute Gasteiger partial charge is 0.256 e. The van der Waals surface area contributed by atoms with Crippen molar-refractivity contribution in [3.63, 3.8) is 0 Å². The molecule has 1 aliphatic rings. The van der Waals surface area contributed by atoms with Gasteiger partial charge in [0, 0.05) is 12.5 Å². The summed E-state index contributed by atoms with van der Waals surface area (Å²) in [5, 5.41) is 3.30. The van der Waals surface area contributed by atoms with Crippen molar-refractivity contribution in [1.29, 1.82) is 0 Å². The van der Waals surface area contributed by atoms with Crippen LogP contribution in [0.3, 0.4) is 0 Å². The predicted molar refractivity (Wildman–Crippen MR) is 63.5 cm³/mol. The van der Waals surface area contributed by atoms with Crippen LogP contribution < -0.4 is 16.6 Å². The monoisotopic (exact) mass is 222 g/mol. The predicted octanol–water partition coefficient (Wildman–Crippen LogP) is 0.381. The van der Waals surface area contributed by atoms with E-state index in [1.54, 1.807) is 0 Å². The number of aromatic nitrogens is 2. The molecular formula is C11H18N4O. The molecule has 1 aromatic heterocycles. The third kappa shape index (κ3) is 2.09. The normalized spacial score (nSPS) is 20.9. The molecule has 0 radical (unpaired) electrons. The fourth-order valence-corrected chi connectivity index (χ4v) is 2.15. The number of aromatic amines is 1. The zero-order valence-corrected chi connectivity index (χ0v) is 9.55. The van der Waals surface area contributed by atoms with Crippen molar-refractivity contribution in [3.05, 3.63) is 21.7 Å². The van der Waals surface area contributed by atoms with Gasteiger partial charge in [-0.1, -0.05) is 6.92 Å². The van der Waals surface area contributed by atoms with Gasteiger partial charge >= 0.3 is 0 Å². The van der Waals surface area contributed by atoms with Gasteiger partial charge in [-0.25, -0.2) is 4.98 Å². The number of rotatable bonds is 2. The van der Waals surface area contributed by atoms with Gasteiger partial charge in [0.25, 0.3) is 5.56 Å². The van der Waals surface area contributed by atoms with Gasteiger partial charge in [0.2, 0.25) is 0 Å². The van der Waals surface area contributed by atoms with E-state index in [0.717, 1.165) is 31.8 Å². The van der Waals surface area contributed by atoms with Crippen LogP contribution in [-0.4, -0.2) is 23.1 Å². The summed E-state index contributed by atoms with van der Waals surface area (Å²) in [5.41, 5.74) is 6.29. The number of piperidine rings is 1. The van der Waals surface area contributed by atoms with E-state index in [9.17, 15) is 4.79 Å². The Hall–Kier alpha value is -1.36. The lowest BCUT2D eigenvalue weighted by atomic mass is 9.99. The Labute approximate surface area is 94.5 Å². The number of H-pyrrole nitrogens is 1. The Morgan fingerprint density at radius 1 is 1.56 bits per heavy atom. The number of nitrogens with one attached hydrogen (secondary N) is 2. The van der Waals surface area contributed by atoms with Gasteiger partial charge in [-0.3, -0.25) is 4.79 Å². The molecule has 4 N–H and O–H groups in total. The average Bonchev–Trinajstić information content (AvgIpc) is 2.30. The van der Waals surface area contributed by atoms with Crippen molar-refractivity contribution in [1.82, 2.24) is 15.3 Å². The van der Waals surface area contributed by atoms with Crippen molar-refractivity contribution >= 4 is 5.82 Å². The summed E-state index contributed by atoms with van der Waals surface area (Å²) < 4.78 is 0. The molecule has 0 spiro atoms. The van der Waals surface area contributed by atoms with E-state index in [0.29, 0.717) is 17.8 Å². The lowest BCUT2D eigenvalue weighted by Gasteiger charge is -2.22. The number of hydrogen-bond acceptors (Lipinski definition) is 4. The summed E-state index contributed by atoms with van der Waals surface area (Å²) in [5.74, 6) is 1.40.